The Kier molecular flexibility index (Phi) is 5.81. The largest absolute Gasteiger partial charge is 0.399 e. The smallest absolute Gasteiger partial charge is 0.123 e. The Morgan fingerprint density at radius 3 is 2.59 bits per heavy atom. The molecule has 1 aliphatic heterocycles. The summed E-state index contributed by atoms with van der Waals surface area (Å²) >= 11 is 0. The van der Waals surface area contributed by atoms with Gasteiger partial charge < -0.3 is 5.73 Å². The molecule has 0 amide bonds. The van der Waals surface area contributed by atoms with Crippen LogP contribution in [0.5, 0.6) is 0 Å². The van der Waals surface area contributed by atoms with Crippen LogP contribution in [0.4, 0.5) is 10.1 Å². The van der Waals surface area contributed by atoms with Crippen LogP contribution in [0.25, 0.3) is 0 Å². The van der Waals surface area contributed by atoms with Crippen LogP contribution in [0.3, 0.4) is 0 Å². The Labute approximate surface area is 137 Å². The van der Waals surface area contributed by atoms with Crippen molar-refractivity contribution in [1.29, 1.82) is 0 Å². The monoisotopic (exact) mass is 320 g/mol. The molecule has 2 N–H and O–H groups in total. The first kappa shape index (κ1) is 16.8. The zero-order chi connectivity index (χ0) is 14.7. The first-order valence-corrected chi connectivity index (χ1v) is 7.56. The minimum atomic E-state index is -0.169. The molecule has 1 unspecified atom stereocenters. The van der Waals surface area contributed by atoms with Gasteiger partial charge in [-0.1, -0.05) is 30.7 Å². The maximum Gasteiger partial charge on any atom is 0.123 e. The predicted molar refractivity (Wildman–Crippen MR) is 91.5 cm³/mol. The summed E-state index contributed by atoms with van der Waals surface area (Å²) in [5.74, 6) is -0.169. The number of rotatable bonds is 3. The van der Waals surface area contributed by atoms with E-state index in [4.69, 9.17) is 5.73 Å². The SMILES string of the molecule is Cl.Nc1cccc(CN2CCCCC2c2ccc(F)cc2)c1. The lowest BCUT2D eigenvalue weighted by Crippen LogP contribution is -2.32. The highest BCUT2D eigenvalue weighted by atomic mass is 35.5. The molecule has 1 aliphatic rings. The van der Waals surface area contributed by atoms with Crippen LogP contribution in [0.1, 0.15) is 36.4 Å². The highest BCUT2D eigenvalue weighted by molar-refractivity contribution is 5.85. The predicted octanol–water partition coefficient (Wildman–Crippen LogP) is 4.56. The number of nitrogens with zero attached hydrogens (tertiary/aromatic N) is 1. The van der Waals surface area contributed by atoms with Gasteiger partial charge >= 0.3 is 0 Å². The molecule has 0 saturated carbocycles. The molecule has 3 rings (SSSR count). The van der Waals surface area contributed by atoms with Crippen molar-refractivity contribution in [2.75, 3.05) is 12.3 Å². The van der Waals surface area contributed by atoms with Crippen LogP contribution in [-0.2, 0) is 6.54 Å². The van der Waals surface area contributed by atoms with E-state index in [0.717, 1.165) is 25.2 Å². The molecule has 22 heavy (non-hydrogen) atoms. The quantitative estimate of drug-likeness (QED) is 0.840. The zero-order valence-corrected chi connectivity index (χ0v) is 13.4. The van der Waals surface area contributed by atoms with Crippen molar-refractivity contribution in [3.8, 4) is 0 Å². The Morgan fingerprint density at radius 2 is 1.86 bits per heavy atom. The Morgan fingerprint density at radius 1 is 1.09 bits per heavy atom. The van der Waals surface area contributed by atoms with Gasteiger partial charge in [-0.15, -0.1) is 12.4 Å². The lowest BCUT2D eigenvalue weighted by molar-refractivity contribution is 0.140. The molecule has 0 bridgehead atoms. The van der Waals surface area contributed by atoms with E-state index in [1.807, 2.05) is 30.3 Å². The molecular formula is C18H22ClFN2. The summed E-state index contributed by atoms with van der Waals surface area (Å²) in [7, 11) is 0. The molecule has 1 saturated heterocycles. The third-order valence-electron chi connectivity index (χ3n) is 4.21. The lowest BCUT2D eigenvalue weighted by atomic mass is 9.94. The van der Waals surface area contributed by atoms with Crippen molar-refractivity contribution in [3.05, 3.63) is 65.5 Å². The summed E-state index contributed by atoms with van der Waals surface area (Å²) in [6.07, 6.45) is 3.59. The fraction of sp³-hybridized carbons (Fsp3) is 0.333. The van der Waals surface area contributed by atoms with Crippen molar-refractivity contribution in [2.45, 2.75) is 31.8 Å². The highest BCUT2D eigenvalue weighted by Crippen LogP contribution is 2.32. The Hall–Kier alpha value is -1.58. The summed E-state index contributed by atoms with van der Waals surface area (Å²) in [6.45, 7) is 1.98. The van der Waals surface area contributed by atoms with Crippen molar-refractivity contribution >= 4 is 18.1 Å². The topological polar surface area (TPSA) is 29.3 Å². The van der Waals surface area contributed by atoms with Crippen molar-refractivity contribution < 1.29 is 4.39 Å². The Bertz CT molecular complexity index is 600. The van der Waals surface area contributed by atoms with Gasteiger partial charge in [0.1, 0.15) is 5.82 Å². The molecule has 2 aromatic carbocycles. The third-order valence-corrected chi connectivity index (χ3v) is 4.21. The van der Waals surface area contributed by atoms with Crippen LogP contribution >= 0.6 is 12.4 Å². The van der Waals surface area contributed by atoms with E-state index < -0.39 is 0 Å². The van der Waals surface area contributed by atoms with Gasteiger partial charge in [0.25, 0.3) is 0 Å². The van der Waals surface area contributed by atoms with Crippen LogP contribution in [0.2, 0.25) is 0 Å². The van der Waals surface area contributed by atoms with Crippen LogP contribution in [-0.4, -0.2) is 11.4 Å². The maximum atomic E-state index is 13.1. The van der Waals surface area contributed by atoms with E-state index in [-0.39, 0.29) is 18.2 Å². The molecular weight excluding hydrogens is 299 g/mol. The molecule has 1 heterocycles. The molecule has 0 aromatic heterocycles. The number of nitrogens with two attached hydrogens (primary N) is 1. The van der Waals surface area contributed by atoms with Crippen LogP contribution in [0.15, 0.2) is 48.5 Å². The molecule has 118 valence electrons. The summed E-state index contributed by atoms with van der Waals surface area (Å²) in [5, 5.41) is 0. The summed E-state index contributed by atoms with van der Waals surface area (Å²) in [5.41, 5.74) is 9.12. The molecule has 0 aliphatic carbocycles. The number of piperidine rings is 1. The van der Waals surface area contributed by atoms with E-state index >= 15 is 0 Å². The molecule has 4 heteroatoms. The molecule has 0 radical (unpaired) electrons. The van der Waals surface area contributed by atoms with Gasteiger partial charge in [-0.3, -0.25) is 4.90 Å². The molecule has 1 atom stereocenters. The average molecular weight is 321 g/mol. The second-order valence-electron chi connectivity index (χ2n) is 5.78. The molecule has 0 spiro atoms. The minimum Gasteiger partial charge on any atom is -0.399 e. The maximum absolute atomic E-state index is 13.1. The van der Waals surface area contributed by atoms with Gasteiger partial charge in [0.15, 0.2) is 0 Å². The first-order valence-electron chi connectivity index (χ1n) is 7.56. The minimum absolute atomic E-state index is 0. The average Bonchev–Trinajstić information content (AvgIpc) is 2.49. The van der Waals surface area contributed by atoms with Gasteiger partial charge in [-0.2, -0.15) is 0 Å². The second-order valence-corrected chi connectivity index (χ2v) is 5.78. The molecule has 2 aromatic rings. The van der Waals surface area contributed by atoms with E-state index in [1.54, 1.807) is 12.1 Å². The van der Waals surface area contributed by atoms with E-state index in [0.29, 0.717) is 6.04 Å². The second kappa shape index (κ2) is 7.61. The number of likely N-dealkylation sites (tertiary alicyclic amines) is 1. The van der Waals surface area contributed by atoms with Crippen LogP contribution in [0, 0.1) is 5.82 Å². The summed E-state index contributed by atoms with van der Waals surface area (Å²) in [4.78, 5) is 2.48. The van der Waals surface area contributed by atoms with E-state index in [1.165, 1.54) is 24.0 Å². The standard InChI is InChI=1S/C18H21FN2.ClH/c19-16-9-7-15(8-10-16)18-6-1-2-11-21(18)13-14-4-3-5-17(20)12-14;/h3-5,7-10,12,18H,1-2,6,11,13,20H2;1H. The van der Waals surface area contributed by atoms with E-state index in [2.05, 4.69) is 11.0 Å². The first-order chi connectivity index (χ1) is 10.2. The highest BCUT2D eigenvalue weighted by Gasteiger charge is 2.23. The Balaban J connectivity index is 0.00000176. The number of anilines is 1. The number of halogens is 2. The summed E-state index contributed by atoms with van der Waals surface area (Å²) < 4.78 is 13.1. The van der Waals surface area contributed by atoms with Crippen molar-refractivity contribution in [3.63, 3.8) is 0 Å². The fourth-order valence-corrected chi connectivity index (χ4v) is 3.17. The van der Waals surface area contributed by atoms with Crippen molar-refractivity contribution in [2.24, 2.45) is 0 Å². The van der Waals surface area contributed by atoms with Gasteiger partial charge in [0.2, 0.25) is 0 Å². The normalized spacial score (nSPS) is 18.7. The van der Waals surface area contributed by atoms with Gasteiger partial charge in [-0.05, 0) is 54.8 Å². The van der Waals surface area contributed by atoms with Gasteiger partial charge in [-0.25, -0.2) is 4.39 Å². The lowest BCUT2D eigenvalue weighted by Gasteiger charge is -2.36. The number of nitrogen functional groups attached to an aromatic ring is 1. The number of hydrogen-bond acceptors (Lipinski definition) is 2. The van der Waals surface area contributed by atoms with E-state index in [9.17, 15) is 4.39 Å². The molecule has 1 fully saturated rings. The van der Waals surface area contributed by atoms with Gasteiger partial charge in [0.05, 0.1) is 0 Å². The van der Waals surface area contributed by atoms with Gasteiger partial charge in [0, 0.05) is 18.3 Å². The van der Waals surface area contributed by atoms with Crippen LogP contribution < -0.4 is 5.73 Å². The summed E-state index contributed by atoms with van der Waals surface area (Å²) in [6, 6.07) is 15.4. The zero-order valence-electron chi connectivity index (χ0n) is 12.5. The van der Waals surface area contributed by atoms with Crippen molar-refractivity contribution in [1.82, 2.24) is 4.90 Å². The third kappa shape index (κ3) is 3.99. The number of hydrogen-bond donors (Lipinski definition) is 1. The fourth-order valence-electron chi connectivity index (χ4n) is 3.17. The number of benzene rings is 2. The molecule has 2 nitrogen and oxygen atoms in total.